The molecule has 0 aliphatic rings. The van der Waals surface area contributed by atoms with E-state index in [-0.39, 0.29) is 0 Å². The normalized spacial score (nSPS) is 11.9. The highest BCUT2D eigenvalue weighted by molar-refractivity contribution is 6.28. The minimum absolute atomic E-state index is 1.28. The summed E-state index contributed by atoms with van der Waals surface area (Å²) >= 11 is 0. The number of rotatable bonds is 1. The maximum Gasteiger partial charge on any atom is -0.00692 e. The van der Waals surface area contributed by atoms with Gasteiger partial charge in [0.25, 0.3) is 0 Å². The van der Waals surface area contributed by atoms with Crippen LogP contribution >= 0.6 is 0 Å². The van der Waals surface area contributed by atoms with Crippen LogP contribution in [0.2, 0.25) is 0 Å². The first kappa shape index (κ1) is 21.4. The molecule has 0 radical (unpaired) electrons. The number of fused-ring (bicyclic) bond motifs is 12. The van der Waals surface area contributed by atoms with E-state index in [2.05, 4.69) is 135 Å². The minimum atomic E-state index is 1.28. The van der Waals surface area contributed by atoms with Crippen LogP contribution in [0.25, 0.3) is 75.8 Å². The Kier molecular flexibility index (Phi) is 4.46. The molecule has 0 heteroatoms. The molecular formula is C38H26. The van der Waals surface area contributed by atoms with Gasteiger partial charge in [0.2, 0.25) is 0 Å². The third-order valence-electron chi connectivity index (χ3n) is 8.41. The van der Waals surface area contributed by atoms with E-state index in [0.29, 0.717) is 0 Å². The minimum Gasteiger partial charge on any atom is -0.0616 e. The van der Waals surface area contributed by atoms with Gasteiger partial charge in [0.05, 0.1) is 0 Å². The molecule has 0 saturated heterocycles. The molecule has 0 spiro atoms. The first-order chi connectivity index (χ1) is 18.7. The zero-order valence-electron chi connectivity index (χ0n) is 21.5. The predicted molar refractivity (Wildman–Crippen MR) is 166 cm³/mol. The molecule has 0 fully saturated rings. The Labute approximate surface area is 221 Å². The SMILES string of the molecule is Cc1cc(-c2cc(C)c3c4ccccc4c4ccccc4c3c2)cc2c3ccccc3c3ccccc3c12. The summed E-state index contributed by atoms with van der Waals surface area (Å²) in [6.07, 6.45) is 0. The number of hydrogen-bond acceptors (Lipinski definition) is 0. The molecule has 38 heavy (non-hydrogen) atoms. The second-order valence-corrected chi connectivity index (χ2v) is 10.6. The summed E-state index contributed by atoms with van der Waals surface area (Å²) in [6, 6.07) is 45.0. The third-order valence-corrected chi connectivity index (χ3v) is 8.41. The molecule has 8 aromatic carbocycles. The van der Waals surface area contributed by atoms with Gasteiger partial charge >= 0.3 is 0 Å². The summed E-state index contributed by atoms with van der Waals surface area (Å²) in [5.41, 5.74) is 5.19. The molecule has 0 unspecified atom stereocenters. The highest BCUT2D eigenvalue weighted by Gasteiger charge is 2.15. The summed E-state index contributed by atoms with van der Waals surface area (Å²) in [5.74, 6) is 0. The van der Waals surface area contributed by atoms with Gasteiger partial charge in [0.1, 0.15) is 0 Å². The summed E-state index contributed by atoms with van der Waals surface area (Å²) in [6.45, 7) is 4.54. The molecule has 0 aliphatic heterocycles. The summed E-state index contributed by atoms with van der Waals surface area (Å²) < 4.78 is 0. The standard InChI is InChI=1S/C38H26/c1-23-19-25(21-35-31-15-5-3-11-27(31)29-13-7-9-17-33(29)37(23)35)26-20-24(2)38-34-18-10-8-14-30(34)28-12-4-6-16-32(28)36(38)22-26/h3-22H,1-2H3. The highest BCUT2D eigenvalue weighted by atomic mass is 14.2. The van der Waals surface area contributed by atoms with Crippen LogP contribution in [-0.4, -0.2) is 0 Å². The zero-order valence-corrected chi connectivity index (χ0v) is 21.5. The summed E-state index contributed by atoms with van der Waals surface area (Å²) in [7, 11) is 0. The maximum absolute atomic E-state index is 2.42. The molecule has 0 atom stereocenters. The van der Waals surface area contributed by atoms with Gasteiger partial charge in [-0.1, -0.05) is 109 Å². The molecule has 0 nitrogen and oxygen atoms in total. The van der Waals surface area contributed by atoms with Gasteiger partial charge in [-0.3, -0.25) is 0 Å². The van der Waals surface area contributed by atoms with Crippen molar-refractivity contribution in [2.75, 3.05) is 0 Å². The lowest BCUT2D eigenvalue weighted by atomic mass is 9.87. The first-order valence-electron chi connectivity index (χ1n) is 13.4. The maximum atomic E-state index is 2.42. The second kappa shape index (κ2) is 7.91. The van der Waals surface area contributed by atoms with Crippen molar-refractivity contribution in [2.24, 2.45) is 0 Å². The fourth-order valence-electron chi connectivity index (χ4n) is 6.83. The number of hydrogen-bond donors (Lipinski definition) is 0. The van der Waals surface area contributed by atoms with Crippen molar-refractivity contribution in [3.05, 3.63) is 132 Å². The van der Waals surface area contributed by atoms with Crippen LogP contribution in [-0.2, 0) is 0 Å². The molecular weight excluding hydrogens is 456 g/mol. The average Bonchev–Trinajstić information content (AvgIpc) is 2.97. The van der Waals surface area contributed by atoms with Crippen molar-refractivity contribution in [1.29, 1.82) is 0 Å². The van der Waals surface area contributed by atoms with Gasteiger partial charge in [0, 0.05) is 0 Å². The van der Waals surface area contributed by atoms with E-state index in [1.165, 1.54) is 86.9 Å². The van der Waals surface area contributed by atoms with Crippen LogP contribution in [0, 0.1) is 13.8 Å². The quantitative estimate of drug-likeness (QED) is 0.204. The Bertz CT molecular complexity index is 2090. The number of aryl methyl sites for hydroxylation is 2. The van der Waals surface area contributed by atoms with Crippen LogP contribution < -0.4 is 0 Å². The second-order valence-electron chi connectivity index (χ2n) is 10.6. The summed E-state index contributed by atoms with van der Waals surface area (Å²) in [4.78, 5) is 0. The molecule has 0 heterocycles. The molecule has 0 N–H and O–H groups in total. The average molecular weight is 483 g/mol. The lowest BCUT2D eigenvalue weighted by Crippen LogP contribution is -1.91. The molecule has 0 saturated carbocycles. The van der Waals surface area contributed by atoms with Crippen molar-refractivity contribution in [1.82, 2.24) is 0 Å². The highest BCUT2D eigenvalue weighted by Crippen LogP contribution is 2.42. The Morgan fingerprint density at radius 3 is 0.895 bits per heavy atom. The Morgan fingerprint density at radius 1 is 0.289 bits per heavy atom. The number of benzene rings is 8. The van der Waals surface area contributed by atoms with E-state index >= 15 is 0 Å². The van der Waals surface area contributed by atoms with Crippen molar-refractivity contribution >= 4 is 64.6 Å². The summed E-state index contributed by atoms with van der Waals surface area (Å²) in [5, 5.41) is 16.0. The monoisotopic (exact) mass is 482 g/mol. The van der Waals surface area contributed by atoms with Crippen LogP contribution in [0.1, 0.15) is 11.1 Å². The Hall–Kier alpha value is -4.68. The third kappa shape index (κ3) is 2.92. The van der Waals surface area contributed by atoms with Crippen molar-refractivity contribution in [2.45, 2.75) is 13.8 Å². The smallest absolute Gasteiger partial charge is 0.00692 e. The van der Waals surface area contributed by atoms with E-state index < -0.39 is 0 Å². The van der Waals surface area contributed by atoms with Gasteiger partial charge < -0.3 is 0 Å². The van der Waals surface area contributed by atoms with E-state index in [9.17, 15) is 0 Å². The van der Waals surface area contributed by atoms with E-state index in [1.54, 1.807) is 0 Å². The van der Waals surface area contributed by atoms with E-state index in [4.69, 9.17) is 0 Å². The van der Waals surface area contributed by atoms with Crippen LogP contribution in [0.15, 0.2) is 121 Å². The fraction of sp³-hybridized carbons (Fsp3) is 0.0526. The lowest BCUT2D eigenvalue weighted by Gasteiger charge is -2.17. The molecule has 178 valence electrons. The van der Waals surface area contributed by atoms with Crippen molar-refractivity contribution in [3.8, 4) is 11.1 Å². The van der Waals surface area contributed by atoms with Crippen LogP contribution in [0.3, 0.4) is 0 Å². The zero-order chi connectivity index (χ0) is 25.4. The lowest BCUT2D eigenvalue weighted by molar-refractivity contribution is 1.51. The van der Waals surface area contributed by atoms with Crippen molar-refractivity contribution in [3.63, 3.8) is 0 Å². The van der Waals surface area contributed by atoms with Crippen LogP contribution in [0.5, 0.6) is 0 Å². The van der Waals surface area contributed by atoms with Gasteiger partial charge in [0.15, 0.2) is 0 Å². The van der Waals surface area contributed by atoms with Gasteiger partial charge in [-0.2, -0.15) is 0 Å². The van der Waals surface area contributed by atoms with Crippen LogP contribution in [0.4, 0.5) is 0 Å². The Balaban J connectivity index is 1.50. The fourth-order valence-corrected chi connectivity index (χ4v) is 6.83. The van der Waals surface area contributed by atoms with Gasteiger partial charge in [-0.05, 0) is 113 Å². The van der Waals surface area contributed by atoms with Gasteiger partial charge in [-0.25, -0.2) is 0 Å². The molecule has 0 aliphatic carbocycles. The predicted octanol–water partition coefficient (Wildman–Crippen LogP) is 10.9. The largest absolute Gasteiger partial charge is 0.0616 e. The topological polar surface area (TPSA) is 0 Å². The first-order valence-corrected chi connectivity index (χ1v) is 13.4. The Morgan fingerprint density at radius 2 is 0.553 bits per heavy atom. The molecule has 0 amide bonds. The van der Waals surface area contributed by atoms with Crippen molar-refractivity contribution < 1.29 is 0 Å². The van der Waals surface area contributed by atoms with E-state index in [0.717, 1.165) is 0 Å². The molecule has 0 bridgehead atoms. The van der Waals surface area contributed by atoms with Gasteiger partial charge in [-0.15, -0.1) is 0 Å². The molecule has 0 aromatic heterocycles. The molecule has 8 rings (SSSR count). The molecule has 8 aromatic rings. The van der Waals surface area contributed by atoms with E-state index in [1.807, 2.05) is 0 Å².